The number of carbonyl (C=O) groups excluding carboxylic acids is 1. The molecule has 0 radical (unpaired) electrons. The molecule has 3 aromatic rings. The summed E-state index contributed by atoms with van der Waals surface area (Å²) >= 11 is 3.52. The summed E-state index contributed by atoms with van der Waals surface area (Å²) in [7, 11) is 1.61. The van der Waals surface area contributed by atoms with Gasteiger partial charge in [0, 0.05) is 31.9 Å². The standard InChI is InChI=1S/C28H39BrN8O4/c1-6-7-19(10-13-38)32-25-23-22(33-26(30)34-25)24(29)35-37(23)16-20-21(40-5)14-18(15-31-20)17-8-11-36(12-9-17)27(39)41-28(2,3)4/h8,14-15,19,38H,6-7,9-13,16H2,1-5H3,(H3,30,32,33,34)/t19-/m0/s1. The zero-order valence-electron chi connectivity index (χ0n) is 24.3. The summed E-state index contributed by atoms with van der Waals surface area (Å²) in [6.07, 6.45) is 6.61. The zero-order valence-corrected chi connectivity index (χ0v) is 25.9. The molecule has 222 valence electrons. The number of nitrogens with two attached hydrogens (primary N) is 1. The molecule has 0 spiro atoms. The van der Waals surface area contributed by atoms with E-state index < -0.39 is 5.60 Å². The number of methoxy groups -OCH3 is 1. The lowest BCUT2D eigenvalue weighted by Crippen LogP contribution is -2.39. The van der Waals surface area contributed by atoms with E-state index in [-0.39, 0.29) is 24.7 Å². The zero-order chi connectivity index (χ0) is 29.7. The van der Waals surface area contributed by atoms with Gasteiger partial charge in [-0.25, -0.2) is 9.78 Å². The average molecular weight is 632 g/mol. The van der Waals surface area contributed by atoms with Crippen LogP contribution < -0.4 is 15.8 Å². The highest BCUT2D eigenvalue weighted by molar-refractivity contribution is 9.10. The Balaban J connectivity index is 1.60. The van der Waals surface area contributed by atoms with Crippen molar-refractivity contribution in [3.8, 4) is 5.75 Å². The molecule has 0 bridgehead atoms. The fourth-order valence-electron chi connectivity index (χ4n) is 4.77. The molecule has 0 saturated carbocycles. The monoisotopic (exact) mass is 630 g/mol. The van der Waals surface area contributed by atoms with Gasteiger partial charge >= 0.3 is 6.09 Å². The van der Waals surface area contributed by atoms with Crippen molar-refractivity contribution >= 4 is 50.4 Å². The first kappa shape index (κ1) is 30.5. The lowest BCUT2D eigenvalue weighted by atomic mass is 10.0. The van der Waals surface area contributed by atoms with Gasteiger partial charge in [0.25, 0.3) is 0 Å². The summed E-state index contributed by atoms with van der Waals surface area (Å²) in [4.78, 5) is 27.7. The van der Waals surface area contributed by atoms with Crippen molar-refractivity contribution in [1.29, 1.82) is 0 Å². The maximum absolute atomic E-state index is 12.4. The Morgan fingerprint density at radius 3 is 2.71 bits per heavy atom. The molecule has 1 aliphatic heterocycles. The van der Waals surface area contributed by atoms with Crippen LogP contribution in [0.25, 0.3) is 16.6 Å². The smallest absolute Gasteiger partial charge is 0.410 e. The summed E-state index contributed by atoms with van der Waals surface area (Å²) in [5, 5.41) is 17.6. The third-order valence-electron chi connectivity index (χ3n) is 6.70. The third kappa shape index (κ3) is 7.45. The van der Waals surface area contributed by atoms with Crippen LogP contribution in [0.3, 0.4) is 0 Å². The Morgan fingerprint density at radius 1 is 1.29 bits per heavy atom. The van der Waals surface area contributed by atoms with E-state index in [1.165, 1.54) is 0 Å². The van der Waals surface area contributed by atoms with Crippen LogP contribution >= 0.6 is 15.9 Å². The molecular formula is C28H39BrN8O4. The van der Waals surface area contributed by atoms with Crippen LogP contribution in [0, 0.1) is 0 Å². The molecular weight excluding hydrogens is 592 g/mol. The van der Waals surface area contributed by atoms with Crippen molar-refractivity contribution in [2.45, 2.75) is 71.6 Å². The van der Waals surface area contributed by atoms with E-state index in [4.69, 9.17) is 20.2 Å². The fourth-order valence-corrected chi connectivity index (χ4v) is 5.24. The van der Waals surface area contributed by atoms with Crippen LogP contribution in [0.2, 0.25) is 0 Å². The number of fused-ring (bicyclic) bond motifs is 1. The Morgan fingerprint density at radius 2 is 2.07 bits per heavy atom. The molecule has 0 fully saturated rings. The number of halogens is 1. The number of aromatic nitrogens is 5. The molecule has 1 atom stereocenters. The number of hydrogen-bond donors (Lipinski definition) is 3. The predicted molar refractivity (Wildman–Crippen MR) is 162 cm³/mol. The highest BCUT2D eigenvalue weighted by atomic mass is 79.9. The molecule has 0 saturated heterocycles. The SMILES string of the molecule is CCC[C@@H](CCO)Nc1nc(N)nc2c(Br)nn(Cc3ncc(C4=CCN(C(=O)OC(C)(C)C)CC4)cc3OC)c12. The number of anilines is 2. The molecule has 4 rings (SSSR count). The number of nitrogens with zero attached hydrogens (tertiary/aromatic N) is 6. The summed E-state index contributed by atoms with van der Waals surface area (Å²) in [5.41, 5.74) is 9.47. The van der Waals surface area contributed by atoms with E-state index in [0.29, 0.717) is 65.4 Å². The second-order valence-corrected chi connectivity index (χ2v) is 11.7. The van der Waals surface area contributed by atoms with E-state index in [1.54, 1.807) is 16.7 Å². The van der Waals surface area contributed by atoms with Crippen LogP contribution in [-0.2, 0) is 11.3 Å². The van der Waals surface area contributed by atoms with Crippen molar-refractivity contribution in [2.24, 2.45) is 0 Å². The molecule has 4 N–H and O–H groups in total. The molecule has 4 heterocycles. The number of aliphatic hydroxyl groups excluding tert-OH is 1. The lowest BCUT2D eigenvalue weighted by molar-refractivity contribution is 0.0270. The number of nitrogen functional groups attached to an aromatic ring is 1. The van der Waals surface area contributed by atoms with Crippen LogP contribution in [0.1, 0.15) is 64.6 Å². The quantitative estimate of drug-likeness (QED) is 0.289. The number of ether oxygens (including phenoxy) is 2. The molecule has 1 amide bonds. The van der Waals surface area contributed by atoms with Crippen LogP contribution in [0.4, 0.5) is 16.6 Å². The van der Waals surface area contributed by atoms with E-state index in [0.717, 1.165) is 24.0 Å². The third-order valence-corrected chi connectivity index (χ3v) is 7.23. The van der Waals surface area contributed by atoms with Gasteiger partial charge in [0.15, 0.2) is 10.4 Å². The summed E-state index contributed by atoms with van der Waals surface area (Å²) in [6.45, 7) is 9.08. The van der Waals surface area contributed by atoms with Crippen molar-refractivity contribution in [1.82, 2.24) is 29.6 Å². The van der Waals surface area contributed by atoms with Gasteiger partial charge in [0.1, 0.15) is 28.1 Å². The van der Waals surface area contributed by atoms with Gasteiger partial charge in [-0.15, -0.1) is 0 Å². The largest absolute Gasteiger partial charge is 0.495 e. The highest BCUT2D eigenvalue weighted by Gasteiger charge is 2.25. The van der Waals surface area contributed by atoms with Gasteiger partial charge in [0.2, 0.25) is 5.95 Å². The first-order valence-electron chi connectivity index (χ1n) is 13.8. The maximum Gasteiger partial charge on any atom is 0.410 e. The summed E-state index contributed by atoms with van der Waals surface area (Å²) < 4.78 is 13.5. The van der Waals surface area contributed by atoms with Crippen LogP contribution in [-0.4, -0.2) is 79.3 Å². The van der Waals surface area contributed by atoms with Gasteiger partial charge in [-0.2, -0.15) is 10.1 Å². The Hall–Kier alpha value is -3.45. The molecule has 41 heavy (non-hydrogen) atoms. The first-order valence-corrected chi connectivity index (χ1v) is 14.6. The van der Waals surface area contributed by atoms with Crippen molar-refractivity contribution in [3.05, 3.63) is 34.2 Å². The summed E-state index contributed by atoms with van der Waals surface area (Å²) in [5.74, 6) is 1.30. The number of hydrogen-bond acceptors (Lipinski definition) is 10. The number of amides is 1. The number of rotatable bonds is 10. The number of aliphatic hydroxyl groups is 1. The summed E-state index contributed by atoms with van der Waals surface area (Å²) in [6, 6.07) is 1.98. The second-order valence-electron chi connectivity index (χ2n) is 11.0. The van der Waals surface area contributed by atoms with Crippen LogP contribution in [0.15, 0.2) is 22.9 Å². The van der Waals surface area contributed by atoms with E-state index in [1.807, 2.05) is 39.1 Å². The van der Waals surface area contributed by atoms with Gasteiger partial charge in [0.05, 0.1) is 13.7 Å². The minimum Gasteiger partial charge on any atom is -0.495 e. The van der Waals surface area contributed by atoms with Gasteiger partial charge in [-0.3, -0.25) is 9.67 Å². The Labute approximate surface area is 248 Å². The van der Waals surface area contributed by atoms with Crippen molar-refractivity contribution in [2.75, 3.05) is 37.9 Å². The van der Waals surface area contributed by atoms with E-state index in [9.17, 15) is 9.90 Å². The van der Waals surface area contributed by atoms with Crippen molar-refractivity contribution in [3.63, 3.8) is 0 Å². The molecule has 0 aliphatic carbocycles. The molecule has 13 heteroatoms. The second kappa shape index (κ2) is 13.0. The Kier molecular flexibility index (Phi) is 9.69. The minimum absolute atomic E-state index is 0.0200. The highest BCUT2D eigenvalue weighted by Crippen LogP contribution is 2.32. The maximum atomic E-state index is 12.4. The predicted octanol–water partition coefficient (Wildman–Crippen LogP) is 4.61. The normalized spacial score (nSPS) is 14.6. The number of carbonyl (C=O) groups is 1. The van der Waals surface area contributed by atoms with E-state index in [2.05, 4.69) is 43.2 Å². The average Bonchev–Trinajstić information content (AvgIpc) is 3.23. The molecule has 1 aliphatic rings. The van der Waals surface area contributed by atoms with Crippen molar-refractivity contribution < 1.29 is 19.4 Å². The fraction of sp³-hybridized carbons (Fsp3) is 0.536. The van der Waals surface area contributed by atoms with E-state index >= 15 is 0 Å². The topological polar surface area (TPSA) is 154 Å². The molecule has 0 aromatic carbocycles. The Bertz CT molecular complexity index is 1410. The molecule has 12 nitrogen and oxygen atoms in total. The lowest BCUT2D eigenvalue weighted by Gasteiger charge is -2.29. The van der Waals surface area contributed by atoms with Gasteiger partial charge in [-0.1, -0.05) is 19.4 Å². The minimum atomic E-state index is -0.532. The number of pyridine rings is 1. The van der Waals surface area contributed by atoms with Crippen LogP contribution in [0.5, 0.6) is 5.75 Å². The van der Waals surface area contributed by atoms with Gasteiger partial charge < -0.3 is 30.5 Å². The molecule has 0 unspecified atom stereocenters. The number of nitrogens with one attached hydrogen (secondary N) is 1. The van der Waals surface area contributed by atoms with Gasteiger partial charge in [-0.05, 0) is 73.2 Å². The first-order chi connectivity index (χ1) is 19.5. The molecule has 3 aromatic heterocycles.